The number of benzene rings is 3. The second kappa shape index (κ2) is 14.3. The van der Waals surface area contributed by atoms with Crippen LogP contribution in [0.25, 0.3) is 0 Å². The number of nitrogens with one attached hydrogen (secondary N) is 1. The molecule has 1 aromatic heterocycles. The first-order valence-electron chi connectivity index (χ1n) is 13.3. The van der Waals surface area contributed by atoms with Crippen LogP contribution in [-0.2, 0) is 14.4 Å². The lowest BCUT2D eigenvalue weighted by Crippen LogP contribution is -2.47. The molecule has 0 spiro atoms. The molecule has 0 atom stereocenters. The molecule has 0 radical (unpaired) electrons. The van der Waals surface area contributed by atoms with Crippen LogP contribution in [0, 0.1) is 0 Å². The van der Waals surface area contributed by atoms with Gasteiger partial charge in [-0.3, -0.25) is 23.9 Å². The van der Waals surface area contributed by atoms with Crippen LogP contribution < -0.4 is 24.6 Å². The van der Waals surface area contributed by atoms with E-state index >= 15 is 0 Å². The molecule has 1 N–H and O–H groups in total. The normalized spacial score (nSPS) is 10.4. The van der Waals surface area contributed by atoms with Crippen LogP contribution in [0.4, 0.5) is 21.9 Å². The lowest BCUT2D eigenvalue weighted by atomic mass is 10.2. The molecule has 0 aliphatic heterocycles. The number of rotatable bonds is 11. The highest BCUT2D eigenvalue weighted by atomic mass is 16.5. The van der Waals surface area contributed by atoms with Crippen molar-refractivity contribution in [2.45, 2.75) is 0 Å². The van der Waals surface area contributed by atoms with E-state index in [1.807, 2.05) is 6.07 Å². The topological polar surface area (TPSA) is 126 Å². The summed E-state index contributed by atoms with van der Waals surface area (Å²) in [4.78, 5) is 60.3. The minimum Gasteiger partial charge on any atom is -0.497 e. The minimum absolute atomic E-state index is 0.204. The summed E-state index contributed by atoms with van der Waals surface area (Å²) in [5.74, 6) is -0.571. The van der Waals surface area contributed by atoms with Crippen molar-refractivity contribution in [2.75, 3.05) is 56.0 Å². The molecule has 12 heteroatoms. The second-order valence-corrected chi connectivity index (χ2v) is 9.41. The first kappa shape index (κ1) is 30.3. The standard InChI is InChI=1S/C31H32N6O6/c1-34(31(41)36-17-16-32-22-36)19-30(40)37(20-29(39)35(2)24-11-5-4-6-12-24)26-14-7-8-15-27(26)43-21-28(38)33-23-10-9-13-25(18-23)42-3/h4-18,22H,19-21H2,1-3H3,(H,33,38). The largest absolute Gasteiger partial charge is 0.497 e. The summed E-state index contributed by atoms with van der Waals surface area (Å²) in [7, 11) is 4.61. The van der Waals surface area contributed by atoms with E-state index in [2.05, 4.69) is 10.3 Å². The van der Waals surface area contributed by atoms with Crippen LogP contribution in [0.2, 0.25) is 0 Å². The molecule has 3 aromatic carbocycles. The zero-order valence-electron chi connectivity index (χ0n) is 24.0. The maximum absolute atomic E-state index is 13.7. The number of aromatic nitrogens is 2. The highest BCUT2D eigenvalue weighted by Gasteiger charge is 2.27. The summed E-state index contributed by atoms with van der Waals surface area (Å²) < 4.78 is 12.3. The Hall–Kier alpha value is -5.65. The molecule has 0 saturated heterocycles. The Labute approximate surface area is 249 Å². The summed E-state index contributed by atoms with van der Waals surface area (Å²) in [5.41, 5.74) is 1.43. The third kappa shape index (κ3) is 7.97. The van der Waals surface area contributed by atoms with E-state index in [0.717, 1.165) is 0 Å². The van der Waals surface area contributed by atoms with Crippen molar-refractivity contribution in [1.29, 1.82) is 0 Å². The number of nitrogens with zero attached hydrogens (tertiary/aromatic N) is 5. The molecule has 0 aliphatic carbocycles. The van der Waals surface area contributed by atoms with Gasteiger partial charge in [-0.15, -0.1) is 0 Å². The van der Waals surface area contributed by atoms with Gasteiger partial charge >= 0.3 is 6.03 Å². The number of methoxy groups -OCH3 is 1. The van der Waals surface area contributed by atoms with Crippen LogP contribution in [0.5, 0.6) is 11.5 Å². The van der Waals surface area contributed by atoms with Gasteiger partial charge in [0.05, 0.1) is 12.8 Å². The van der Waals surface area contributed by atoms with E-state index in [4.69, 9.17) is 9.47 Å². The predicted molar refractivity (Wildman–Crippen MR) is 161 cm³/mol. The molecule has 43 heavy (non-hydrogen) atoms. The lowest BCUT2D eigenvalue weighted by Gasteiger charge is -2.28. The number of ether oxygens (including phenoxy) is 2. The second-order valence-electron chi connectivity index (χ2n) is 9.41. The van der Waals surface area contributed by atoms with Crippen molar-refractivity contribution in [1.82, 2.24) is 14.5 Å². The van der Waals surface area contributed by atoms with Crippen molar-refractivity contribution in [2.24, 2.45) is 0 Å². The summed E-state index contributed by atoms with van der Waals surface area (Å²) in [6.45, 7) is -1.06. The maximum Gasteiger partial charge on any atom is 0.329 e. The SMILES string of the molecule is COc1cccc(NC(=O)COc2ccccc2N(CC(=O)N(C)c2ccccc2)C(=O)CN(C)C(=O)n2ccnc2)c1. The Balaban J connectivity index is 1.55. The Morgan fingerprint density at radius 2 is 1.63 bits per heavy atom. The van der Waals surface area contributed by atoms with Gasteiger partial charge in [-0.1, -0.05) is 36.4 Å². The first-order valence-corrected chi connectivity index (χ1v) is 13.3. The van der Waals surface area contributed by atoms with Gasteiger partial charge in [-0.2, -0.15) is 0 Å². The van der Waals surface area contributed by atoms with Gasteiger partial charge in [-0.05, 0) is 36.4 Å². The van der Waals surface area contributed by atoms with Gasteiger partial charge in [0.15, 0.2) is 6.61 Å². The van der Waals surface area contributed by atoms with Gasteiger partial charge in [0.25, 0.3) is 5.91 Å². The lowest BCUT2D eigenvalue weighted by molar-refractivity contribution is -0.122. The van der Waals surface area contributed by atoms with Crippen molar-refractivity contribution in [3.63, 3.8) is 0 Å². The van der Waals surface area contributed by atoms with Crippen molar-refractivity contribution in [3.05, 3.63) is 97.6 Å². The molecular formula is C31H32N6O6. The van der Waals surface area contributed by atoms with Gasteiger partial charge in [0.2, 0.25) is 11.8 Å². The van der Waals surface area contributed by atoms with Crippen molar-refractivity contribution < 1.29 is 28.7 Å². The molecule has 0 unspecified atom stereocenters. The first-order chi connectivity index (χ1) is 20.8. The van der Waals surface area contributed by atoms with E-state index in [-0.39, 0.29) is 37.0 Å². The van der Waals surface area contributed by atoms with E-state index < -0.39 is 17.8 Å². The van der Waals surface area contributed by atoms with E-state index in [1.165, 1.54) is 52.1 Å². The highest BCUT2D eigenvalue weighted by molar-refractivity contribution is 6.05. The number of hydrogen-bond acceptors (Lipinski definition) is 7. The average molecular weight is 585 g/mol. The number of amides is 4. The summed E-state index contributed by atoms with van der Waals surface area (Å²) >= 11 is 0. The van der Waals surface area contributed by atoms with E-state index in [9.17, 15) is 19.2 Å². The molecule has 4 rings (SSSR count). The third-order valence-corrected chi connectivity index (χ3v) is 6.40. The van der Waals surface area contributed by atoms with Crippen molar-refractivity contribution in [3.8, 4) is 11.5 Å². The molecule has 12 nitrogen and oxygen atoms in total. The third-order valence-electron chi connectivity index (χ3n) is 6.40. The Morgan fingerprint density at radius 1 is 0.884 bits per heavy atom. The molecule has 4 amide bonds. The number of para-hydroxylation sites is 3. The molecule has 4 aromatic rings. The maximum atomic E-state index is 13.7. The van der Waals surface area contributed by atoms with Crippen LogP contribution in [0.1, 0.15) is 0 Å². The zero-order chi connectivity index (χ0) is 30.8. The van der Waals surface area contributed by atoms with Crippen LogP contribution >= 0.6 is 0 Å². The van der Waals surface area contributed by atoms with Crippen LogP contribution in [0.3, 0.4) is 0 Å². The number of carbonyl (C=O) groups excluding carboxylic acids is 4. The minimum atomic E-state index is -0.539. The average Bonchev–Trinajstić information content (AvgIpc) is 3.57. The fourth-order valence-corrected chi connectivity index (χ4v) is 4.11. The van der Waals surface area contributed by atoms with Crippen LogP contribution in [-0.4, -0.2) is 79.1 Å². The molecule has 0 saturated carbocycles. The van der Waals surface area contributed by atoms with Gasteiger partial charge < -0.3 is 24.6 Å². The number of likely N-dealkylation sites (N-methyl/N-ethyl adjacent to an activating group) is 2. The van der Waals surface area contributed by atoms with E-state index in [1.54, 1.807) is 79.8 Å². The smallest absolute Gasteiger partial charge is 0.329 e. The van der Waals surface area contributed by atoms with Crippen molar-refractivity contribution >= 4 is 40.8 Å². The van der Waals surface area contributed by atoms with E-state index in [0.29, 0.717) is 17.1 Å². The fraction of sp³-hybridized carbons (Fsp3) is 0.194. The van der Waals surface area contributed by atoms with Crippen LogP contribution in [0.15, 0.2) is 97.6 Å². The quantitative estimate of drug-likeness (QED) is 0.286. The zero-order valence-corrected chi connectivity index (χ0v) is 24.0. The summed E-state index contributed by atoms with van der Waals surface area (Å²) in [6.07, 6.45) is 4.26. The Morgan fingerprint density at radius 3 is 2.35 bits per heavy atom. The summed E-state index contributed by atoms with van der Waals surface area (Å²) in [5, 5.41) is 2.74. The number of hydrogen-bond donors (Lipinski definition) is 1. The number of anilines is 3. The Kier molecular flexibility index (Phi) is 10.1. The molecule has 0 fully saturated rings. The molecule has 0 aliphatic rings. The monoisotopic (exact) mass is 584 g/mol. The summed E-state index contributed by atoms with van der Waals surface area (Å²) in [6, 6.07) is 22.0. The molecule has 222 valence electrons. The molecular weight excluding hydrogens is 552 g/mol. The van der Waals surface area contributed by atoms with Gasteiger partial charge in [-0.25, -0.2) is 9.78 Å². The molecule has 1 heterocycles. The highest BCUT2D eigenvalue weighted by Crippen LogP contribution is 2.29. The Bertz CT molecular complexity index is 1560. The molecule has 0 bridgehead atoms. The predicted octanol–water partition coefficient (Wildman–Crippen LogP) is 3.51. The number of imidazole rings is 1. The number of carbonyl (C=O) groups is 4. The van der Waals surface area contributed by atoms with Gasteiger partial charge in [0, 0.05) is 43.9 Å². The fourth-order valence-electron chi connectivity index (χ4n) is 4.11. The van der Waals surface area contributed by atoms with Gasteiger partial charge in [0.1, 0.15) is 30.9 Å².